The number of hydrogen-bond donors (Lipinski definition) is 2. The van der Waals surface area contributed by atoms with Crippen LogP contribution < -0.4 is 10.6 Å². The van der Waals surface area contributed by atoms with Crippen LogP contribution >= 0.6 is 11.6 Å². The molecule has 0 bridgehead atoms. The fraction of sp³-hybridized carbons (Fsp3) is 0.700. The highest BCUT2D eigenvalue weighted by Gasteiger charge is 2.22. The average molecular weight is 273 g/mol. The Hall–Kier alpha value is -1.18. The molecular weight excluding hydrogens is 256 g/mol. The normalized spacial score (nSPS) is 18.9. The zero-order valence-corrected chi connectivity index (χ0v) is 11.0. The Morgan fingerprint density at radius 2 is 2.00 bits per heavy atom. The molecule has 7 nitrogen and oxygen atoms in total. The molecule has 0 saturated carbocycles. The largest absolute Gasteiger partial charge is 0.395 e. The fourth-order valence-electron chi connectivity index (χ4n) is 1.93. The third kappa shape index (κ3) is 2.80. The Kier molecular flexibility index (Phi) is 4.15. The monoisotopic (exact) mass is 272 g/mol. The predicted octanol–water partition coefficient (Wildman–Crippen LogP) is -0.390. The van der Waals surface area contributed by atoms with Crippen molar-refractivity contribution in [2.75, 3.05) is 43.4 Å². The molecule has 1 aliphatic rings. The first-order valence-corrected chi connectivity index (χ1v) is 6.25. The number of hydrogen-bond acceptors (Lipinski definition) is 7. The number of anilines is 2. The lowest BCUT2D eigenvalue weighted by Crippen LogP contribution is -2.51. The van der Waals surface area contributed by atoms with Crippen molar-refractivity contribution < 1.29 is 5.11 Å². The van der Waals surface area contributed by atoms with Crippen molar-refractivity contribution in [1.82, 2.24) is 20.1 Å². The third-order valence-electron chi connectivity index (χ3n) is 3.14. The van der Waals surface area contributed by atoms with E-state index in [0.717, 1.165) is 26.2 Å². The van der Waals surface area contributed by atoms with Crippen LogP contribution in [0.25, 0.3) is 0 Å². The lowest BCUT2D eigenvalue weighted by Gasteiger charge is -2.37. The van der Waals surface area contributed by atoms with Crippen LogP contribution in [0.2, 0.25) is 5.15 Å². The van der Waals surface area contributed by atoms with Crippen LogP contribution in [0.5, 0.6) is 0 Å². The van der Waals surface area contributed by atoms with Crippen LogP contribution in [-0.4, -0.2) is 64.0 Å². The lowest BCUT2D eigenvalue weighted by molar-refractivity contribution is 0.128. The number of halogens is 1. The minimum Gasteiger partial charge on any atom is -0.395 e. The van der Waals surface area contributed by atoms with E-state index in [4.69, 9.17) is 22.4 Å². The van der Waals surface area contributed by atoms with Gasteiger partial charge < -0.3 is 15.7 Å². The number of nitrogen functional groups attached to an aromatic ring is 1. The maximum Gasteiger partial charge on any atom is 0.247 e. The molecule has 100 valence electrons. The van der Waals surface area contributed by atoms with Crippen LogP contribution in [0.3, 0.4) is 0 Å². The molecule has 1 atom stereocenters. The van der Waals surface area contributed by atoms with Crippen molar-refractivity contribution in [2.45, 2.75) is 13.0 Å². The minimum absolute atomic E-state index is 0.131. The Morgan fingerprint density at radius 3 is 2.56 bits per heavy atom. The molecule has 1 unspecified atom stereocenters. The first-order chi connectivity index (χ1) is 8.61. The van der Waals surface area contributed by atoms with Crippen LogP contribution in [0.15, 0.2) is 0 Å². The van der Waals surface area contributed by atoms with Crippen molar-refractivity contribution in [2.24, 2.45) is 0 Å². The summed E-state index contributed by atoms with van der Waals surface area (Å²) >= 11 is 5.69. The molecule has 1 aliphatic heterocycles. The zero-order valence-electron chi connectivity index (χ0n) is 10.3. The first-order valence-electron chi connectivity index (χ1n) is 5.87. The second-order valence-electron chi connectivity index (χ2n) is 4.34. The third-order valence-corrected chi connectivity index (χ3v) is 3.41. The van der Waals surface area contributed by atoms with Gasteiger partial charge in [0.25, 0.3) is 0 Å². The van der Waals surface area contributed by atoms with Crippen LogP contribution in [-0.2, 0) is 0 Å². The number of piperazine rings is 1. The summed E-state index contributed by atoms with van der Waals surface area (Å²) in [5, 5.41) is 16.9. The highest BCUT2D eigenvalue weighted by molar-refractivity contribution is 6.31. The van der Waals surface area contributed by atoms with E-state index in [1.807, 2.05) is 11.8 Å². The molecule has 0 aromatic carbocycles. The van der Waals surface area contributed by atoms with Gasteiger partial charge in [0.15, 0.2) is 11.0 Å². The molecule has 1 aromatic heterocycles. The molecule has 1 saturated heterocycles. The summed E-state index contributed by atoms with van der Waals surface area (Å²) in [5.74, 6) is 0.709. The molecule has 18 heavy (non-hydrogen) atoms. The molecule has 3 N–H and O–H groups in total. The number of nitrogens with two attached hydrogens (primary N) is 1. The summed E-state index contributed by atoms with van der Waals surface area (Å²) in [7, 11) is 0. The zero-order chi connectivity index (χ0) is 13.1. The van der Waals surface area contributed by atoms with E-state index >= 15 is 0 Å². The standard InChI is InChI=1S/C10H17ClN6O/c1-7(6-18)16-2-4-17(5-3-16)10-13-9(12)8(11)14-15-10/h7,18H,2-6H2,1H3,(H2,12,13,15). The van der Waals surface area contributed by atoms with Gasteiger partial charge in [-0.25, -0.2) is 0 Å². The second-order valence-corrected chi connectivity index (χ2v) is 4.70. The number of aliphatic hydroxyl groups excluding tert-OH is 1. The summed E-state index contributed by atoms with van der Waals surface area (Å²) in [6.45, 7) is 5.46. The van der Waals surface area contributed by atoms with Crippen molar-refractivity contribution in [3.63, 3.8) is 0 Å². The molecule has 1 aromatic rings. The van der Waals surface area contributed by atoms with Crippen LogP contribution in [0.4, 0.5) is 11.8 Å². The predicted molar refractivity (Wildman–Crippen MR) is 69.6 cm³/mol. The second kappa shape index (κ2) is 5.64. The van der Waals surface area contributed by atoms with Crippen LogP contribution in [0.1, 0.15) is 6.92 Å². The average Bonchev–Trinajstić information content (AvgIpc) is 2.41. The molecule has 1 fully saturated rings. The SMILES string of the molecule is CC(CO)N1CCN(c2nnc(Cl)c(N)n2)CC1. The molecule has 0 aliphatic carbocycles. The Morgan fingerprint density at radius 1 is 1.33 bits per heavy atom. The molecule has 0 spiro atoms. The van der Waals surface area contributed by atoms with E-state index in [-0.39, 0.29) is 23.6 Å². The molecule has 2 rings (SSSR count). The van der Waals surface area contributed by atoms with E-state index in [1.54, 1.807) is 0 Å². The van der Waals surface area contributed by atoms with Gasteiger partial charge >= 0.3 is 0 Å². The van der Waals surface area contributed by atoms with Gasteiger partial charge in [-0.2, -0.15) is 4.98 Å². The minimum atomic E-state index is 0.131. The highest BCUT2D eigenvalue weighted by atomic mass is 35.5. The number of aliphatic hydroxyl groups is 1. The smallest absolute Gasteiger partial charge is 0.247 e. The Labute approximate surface area is 111 Å². The fourth-order valence-corrected chi connectivity index (χ4v) is 2.01. The molecule has 8 heteroatoms. The van der Waals surface area contributed by atoms with Gasteiger partial charge in [-0.15, -0.1) is 10.2 Å². The number of nitrogens with zero attached hydrogens (tertiary/aromatic N) is 5. The quantitative estimate of drug-likeness (QED) is 0.774. The summed E-state index contributed by atoms with van der Waals surface area (Å²) in [4.78, 5) is 8.36. The molecule has 2 heterocycles. The molecule has 0 amide bonds. The Bertz CT molecular complexity index is 409. The maximum atomic E-state index is 9.12. The lowest BCUT2D eigenvalue weighted by atomic mass is 10.2. The molecule has 0 radical (unpaired) electrons. The Balaban J connectivity index is 1.99. The van der Waals surface area contributed by atoms with E-state index < -0.39 is 0 Å². The summed E-state index contributed by atoms with van der Waals surface area (Å²) in [5.41, 5.74) is 5.61. The van der Waals surface area contributed by atoms with E-state index in [0.29, 0.717) is 5.95 Å². The van der Waals surface area contributed by atoms with Gasteiger partial charge in [0, 0.05) is 32.2 Å². The van der Waals surface area contributed by atoms with Gasteiger partial charge in [0.05, 0.1) is 6.61 Å². The first kappa shape index (κ1) is 13.3. The summed E-state index contributed by atoms with van der Waals surface area (Å²) in [6.07, 6.45) is 0. The van der Waals surface area contributed by atoms with E-state index in [9.17, 15) is 0 Å². The van der Waals surface area contributed by atoms with Gasteiger partial charge in [-0.1, -0.05) is 11.6 Å². The maximum absolute atomic E-state index is 9.12. The van der Waals surface area contributed by atoms with Crippen molar-refractivity contribution in [3.8, 4) is 0 Å². The van der Waals surface area contributed by atoms with Gasteiger partial charge in [0.2, 0.25) is 5.95 Å². The highest BCUT2D eigenvalue weighted by Crippen LogP contribution is 2.16. The summed E-state index contributed by atoms with van der Waals surface area (Å²) < 4.78 is 0. The topological polar surface area (TPSA) is 91.4 Å². The van der Waals surface area contributed by atoms with Crippen molar-refractivity contribution in [1.29, 1.82) is 0 Å². The molecular formula is C10H17ClN6O. The number of aromatic nitrogens is 3. The van der Waals surface area contributed by atoms with Crippen LogP contribution in [0, 0.1) is 0 Å². The van der Waals surface area contributed by atoms with E-state index in [1.165, 1.54) is 0 Å². The van der Waals surface area contributed by atoms with Gasteiger partial charge in [-0.3, -0.25) is 4.90 Å². The van der Waals surface area contributed by atoms with E-state index in [2.05, 4.69) is 20.1 Å². The number of rotatable bonds is 3. The van der Waals surface area contributed by atoms with Crippen molar-refractivity contribution >= 4 is 23.4 Å². The van der Waals surface area contributed by atoms with Crippen molar-refractivity contribution in [3.05, 3.63) is 5.15 Å². The summed E-state index contributed by atoms with van der Waals surface area (Å²) in [6, 6.07) is 0.182. The van der Waals surface area contributed by atoms with Gasteiger partial charge in [-0.05, 0) is 6.92 Å². The van der Waals surface area contributed by atoms with Gasteiger partial charge in [0.1, 0.15) is 0 Å².